The summed E-state index contributed by atoms with van der Waals surface area (Å²) in [4.78, 5) is 10.5. The maximum Gasteiger partial charge on any atom is 0.312 e. The van der Waals surface area contributed by atoms with Crippen molar-refractivity contribution < 1.29 is 9.66 Å². The quantitative estimate of drug-likeness (QED) is 0.338. The zero-order valence-electron chi connectivity index (χ0n) is 10.5. The number of halogens is 2. The van der Waals surface area contributed by atoms with E-state index in [2.05, 4.69) is 31.9 Å². The third-order valence-corrected chi connectivity index (χ3v) is 3.74. The Morgan fingerprint density at radius 3 is 2.57 bits per heavy atom. The molecule has 0 heterocycles. The van der Waals surface area contributed by atoms with Crippen LogP contribution in [0.1, 0.15) is 5.56 Å². The second-order valence-corrected chi connectivity index (χ2v) is 5.77. The number of ether oxygens (including phenoxy) is 1. The van der Waals surface area contributed by atoms with Crippen molar-refractivity contribution in [3.63, 3.8) is 0 Å². The molecule has 0 saturated heterocycles. The molecule has 0 amide bonds. The fraction of sp³-hybridized carbons (Fsp3) is 0. The van der Waals surface area contributed by atoms with Gasteiger partial charge in [0.15, 0.2) is 0 Å². The molecule has 108 valence electrons. The molecule has 0 aliphatic heterocycles. The van der Waals surface area contributed by atoms with Gasteiger partial charge in [-0.2, -0.15) is 0 Å². The summed E-state index contributed by atoms with van der Waals surface area (Å²) >= 11 is 6.46. The summed E-state index contributed by atoms with van der Waals surface area (Å²) in [5.41, 5.74) is 5.68. The summed E-state index contributed by atoms with van der Waals surface area (Å²) in [7, 11) is 0. The fourth-order valence-corrected chi connectivity index (χ4v) is 2.60. The number of hydrogen-bond acceptors (Lipinski definition) is 4. The molecule has 0 unspecified atom stereocenters. The zero-order chi connectivity index (χ0) is 15.6. The van der Waals surface area contributed by atoms with E-state index in [0.29, 0.717) is 14.5 Å². The Morgan fingerprint density at radius 1 is 1.24 bits per heavy atom. The van der Waals surface area contributed by atoms with Crippen LogP contribution in [0.15, 0.2) is 45.3 Å². The highest BCUT2D eigenvalue weighted by Gasteiger charge is 2.19. The van der Waals surface area contributed by atoms with Gasteiger partial charge in [0.05, 0.1) is 10.5 Å². The Bertz CT molecular complexity index is 735. The molecule has 0 aliphatic carbocycles. The van der Waals surface area contributed by atoms with Gasteiger partial charge in [0.25, 0.3) is 0 Å². The molecule has 0 aromatic heterocycles. The average molecular weight is 415 g/mol. The lowest BCUT2D eigenvalue weighted by molar-refractivity contribution is -0.385. The lowest BCUT2D eigenvalue weighted by Crippen LogP contribution is -2.13. The van der Waals surface area contributed by atoms with Gasteiger partial charge in [-0.1, -0.05) is 22.0 Å². The number of hydrogen-bond donors (Lipinski definition) is 2. The highest BCUT2D eigenvalue weighted by Crippen LogP contribution is 2.36. The molecule has 0 fully saturated rings. The SMILES string of the molecule is N=C(N)c1c(Br)cccc1Oc1ccc(Br)cc1[N+](=O)[O-]. The van der Waals surface area contributed by atoms with Gasteiger partial charge in [0.1, 0.15) is 11.6 Å². The van der Waals surface area contributed by atoms with Crippen LogP contribution in [0.2, 0.25) is 0 Å². The van der Waals surface area contributed by atoms with Crippen LogP contribution >= 0.6 is 31.9 Å². The molecule has 2 rings (SSSR count). The highest BCUT2D eigenvalue weighted by atomic mass is 79.9. The lowest BCUT2D eigenvalue weighted by atomic mass is 10.2. The van der Waals surface area contributed by atoms with Crippen molar-refractivity contribution in [1.29, 1.82) is 5.41 Å². The molecular weight excluding hydrogens is 406 g/mol. The predicted octanol–water partition coefficient (Wildman–Crippen LogP) is 4.20. The van der Waals surface area contributed by atoms with Crippen LogP contribution in [0.5, 0.6) is 11.5 Å². The van der Waals surface area contributed by atoms with Crippen LogP contribution in [0.3, 0.4) is 0 Å². The molecule has 0 atom stereocenters. The van der Waals surface area contributed by atoms with Crippen molar-refractivity contribution in [2.24, 2.45) is 5.73 Å². The summed E-state index contributed by atoms with van der Waals surface area (Å²) in [5.74, 6) is 0.142. The number of nitro benzene ring substituents is 1. The third-order valence-electron chi connectivity index (χ3n) is 2.58. The maximum atomic E-state index is 11.1. The molecular formula is C13H9Br2N3O3. The molecule has 2 aromatic rings. The molecule has 8 heteroatoms. The van der Waals surface area contributed by atoms with Gasteiger partial charge in [0.2, 0.25) is 5.75 Å². The Balaban J connectivity index is 2.51. The number of rotatable bonds is 4. The molecule has 3 N–H and O–H groups in total. The van der Waals surface area contributed by atoms with Crippen molar-refractivity contribution in [1.82, 2.24) is 0 Å². The average Bonchev–Trinajstić information content (AvgIpc) is 2.40. The van der Waals surface area contributed by atoms with Crippen LogP contribution in [0.25, 0.3) is 0 Å². The first-order valence-corrected chi connectivity index (χ1v) is 7.23. The minimum absolute atomic E-state index is 0.0730. The van der Waals surface area contributed by atoms with Gasteiger partial charge >= 0.3 is 5.69 Å². The fourth-order valence-electron chi connectivity index (χ4n) is 1.69. The van der Waals surface area contributed by atoms with E-state index in [-0.39, 0.29) is 23.0 Å². The smallest absolute Gasteiger partial charge is 0.312 e. The monoisotopic (exact) mass is 413 g/mol. The minimum Gasteiger partial charge on any atom is -0.449 e. The molecule has 21 heavy (non-hydrogen) atoms. The van der Waals surface area contributed by atoms with Crippen LogP contribution in [-0.2, 0) is 0 Å². The predicted molar refractivity (Wildman–Crippen MR) is 86.0 cm³/mol. The number of nitro groups is 1. The number of nitrogens with one attached hydrogen (secondary N) is 1. The van der Waals surface area contributed by atoms with E-state index in [9.17, 15) is 10.1 Å². The number of nitrogens with two attached hydrogens (primary N) is 1. The Kier molecular flexibility index (Phi) is 4.59. The molecule has 0 bridgehead atoms. The molecule has 0 radical (unpaired) electrons. The molecule has 0 spiro atoms. The summed E-state index contributed by atoms with van der Waals surface area (Å²) in [5, 5.41) is 18.7. The van der Waals surface area contributed by atoms with Gasteiger partial charge in [-0.05, 0) is 40.2 Å². The first-order valence-electron chi connectivity index (χ1n) is 5.65. The molecule has 6 nitrogen and oxygen atoms in total. The van der Waals surface area contributed by atoms with E-state index in [1.165, 1.54) is 12.1 Å². The van der Waals surface area contributed by atoms with Gasteiger partial charge in [-0.25, -0.2) is 0 Å². The van der Waals surface area contributed by atoms with Crippen molar-refractivity contribution in [2.45, 2.75) is 0 Å². The summed E-state index contributed by atoms with van der Waals surface area (Å²) in [6.07, 6.45) is 0. The topological polar surface area (TPSA) is 102 Å². The van der Waals surface area contributed by atoms with Crippen LogP contribution in [-0.4, -0.2) is 10.8 Å². The van der Waals surface area contributed by atoms with Crippen molar-refractivity contribution >= 4 is 43.4 Å². The van der Waals surface area contributed by atoms with E-state index < -0.39 is 4.92 Å². The van der Waals surface area contributed by atoms with Crippen LogP contribution in [0.4, 0.5) is 5.69 Å². The summed E-state index contributed by atoms with van der Waals surface area (Å²) < 4.78 is 6.73. The molecule has 2 aromatic carbocycles. The molecule has 0 aliphatic rings. The Morgan fingerprint density at radius 2 is 1.95 bits per heavy atom. The van der Waals surface area contributed by atoms with Gasteiger partial charge in [-0.3, -0.25) is 15.5 Å². The van der Waals surface area contributed by atoms with E-state index in [0.717, 1.165) is 0 Å². The van der Waals surface area contributed by atoms with Gasteiger partial charge in [0, 0.05) is 15.0 Å². The van der Waals surface area contributed by atoms with Crippen LogP contribution < -0.4 is 10.5 Å². The Hall–Kier alpha value is -1.93. The highest BCUT2D eigenvalue weighted by molar-refractivity contribution is 9.10. The number of nitrogens with zero attached hydrogens (tertiary/aromatic N) is 1. The molecule has 0 saturated carbocycles. The van der Waals surface area contributed by atoms with Crippen LogP contribution in [0, 0.1) is 15.5 Å². The van der Waals surface area contributed by atoms with E-state index in [1.54, 1.807) is 24.3 Å². The van der Waals surface area contributed by atoms with Crippen molar-refractivity contribution in [3.8, 4) is 11.5 Å². The normalized spacial score (nSPS) is 10.2. The number of nitrogen functional groups attached to an aromatic ring is 1. The third kappa shape index (κ3) is 3.40. The van der Waals surface area contributed by atoms with E-state index >= 15 is 0 Å². The first kappa shape index (κ1) is 15.5. The first-order chi connectivity index (χ1) is 9.90. The van der Waals surface area contributed by atoms with Crippen molar-refractivity contribution in [3.05, 3.63) is 61.0 Å². The maximum absolute atomic E-state index is 11.1. The van der Waals surface area contributed by atoms with E-state index in [4.69, 9.17) is 15.9 Å². The lowest BCUT2D eigenvalue weighted by Gasteiger charge is -2.12. The van der Waals surface area contributed by atoms with Gasteiger partial charge < -0.3 is 10.5 Å². The second kappa shape index (κ2) is 6.23. The Labute approximate surface area is 136 Å². The minimum atomic E-state index is -0.536. The van der Waals surface area contributed by atoms with Gasteiger partial charge in [-0.15, -0.1) is 0 Å². The largest absolute Gasteiger partial charge is 0.449 e. The number of amidine groups is 1. The zero-order valence-corrected chi connectivity index (χ0v) is 13.6. The summed E-state index contributed by atoms with van der Waals surface area (Å²) in [6.45, 7) is 0. The second-order valence-electron chi connectivity index (χ2n) is 4.00. The van der Waals surface area contributed by atoms with E-state index in [1.807, 2.05) is 0 Å². The summed E-state index contributed by atoms with van der Waals surface area (Å²) in [6, 6.07) is 9.45. The number of benzene rings is 2. The standard InChI is InChI=1S/C13H9Br2N3O3/c14-7-4-5-10(9(6-7)18(19)20)21-11-3-1-2-8(15)12(11)13(16)17/h1-6H,(H3,16,17). The van der Waals surface area contributed by atoms with Crippen molar-refractivity contribution in [2.75, 3.05) is 0 Å².